The van der Waals surface area contributed by atoms with Gasteiger partial charge in [0.1, 0.15) is 5.69 Å². The number of aliphatic hydroxyl groups excluding tert-OH is 1. The summed E-state index contributed by atoms with van der Waals surface area (Å²) >= 11 is 5.87. The Morgan fingerprint density at radius 3 is 2.89 bits per heavy atom. The number of rotatable bonds is 7. The van der Waals surface area contributed by atoms with E-state index >= 15 is 0 Å². The Morgan fingerprint density at radius 2 is 2.28 bits per heavy atom. The van der Waals surface area contributed by atoms with Crippen LogP contribution in [0.15, 0.2) is 12.3 Å². The number of nitrogens with one attached hydrogen (secondary N) is 2. The number of aromatic nitrogens is 1. The van der Waals surface area contributed by atoms with Crippen molar-refractivity contribution in [2.75, 3.05) is 19.6 Å². The Bertz CT molecular complexity index is 391. The summed E-state index contributed by atoms with van der Waals surface area (Å²) in [5.41, 5.74) is 0.568. The molecule has 0 aliphatic rings. The van der Waals surface area contributed by atoms with Gasteiger partial charge in [-0.25, -0.2) is 0 Å². The molecule has 0 aliphatic carbocycles. The van der Waals surface area contributed by atoms with Crippen molar-refractivity contribution in [3.05, 3.63) is 23.0 Å². The van der Waals surface area contributed by atoms with Crippen molar-refractivity contribution in [3.8, 4) is 0 Å². The fourth-order valence-corrected chi connectivity index (χ4v) is 1.81. The molecule has 0 saturated carbocycles. The summed E-state index contributed by atoms with van der Waals surface area (Å²) in [5.74, 6) is -0.136. The van der Waals surface area contributed by atoms with Crippen LogP contribution >= 0.6 is 11.6 Å². The van der Waals surface area contributed by atoms with E-state index in [-0.39, 0.29) is 12.0 Å². The number of hydrogen-bond donors (Lipinski definition) is 3. The second-order valence-corrected chi connectivity index (χ2v) is 4.58. The highest BCUT2D eigenvalue weighted by molar-refractivity contribution is 6.31. The minimum Gasteiger partial charge on any atom is -0.392 e. The quantitative estimate of drug-likeness (QED) is 0.646. The van der Waals surface area contributed by atoms with Gasteiger partial charge in [0.2, 0.25) is 0 Å². The summed E-state index contributed by atoms with van der Waals surface area (Å²) in [5, 5.41) is 15.4. The van der Waals surface area contributed by atoms with Crippen LogP contribution in [-0.4, -0.2) is 41.3 Å². The van der Waals surface area contributed by atoms with E-state index in [1.807, 2.05) is 6.92 Å². The van der Waals surface area contributed by atoms with Crippen molar-refractivity contribution >= 4 is 17.5 Å². The second-order valence-electron chi connectivity index (χ2n) is 4.14. The minimum atomic E-state index is -0.378. The fraction of sp³-hybridized carbons (Fsp3) is 0.583. The normalized spacial score (nSPS) is 12.4. The van der Waals surface area contributed by atoms with Crippen LogP contribution in [0.1, 0.15) is 24.3 Å². The fourth-order valence-electron chi connectivity index (χ4n) is 1.59. The lowest BCUT2D eigenvalue weighted by Gasteiger charge is -2.09. The van der Waals surface area contributed by atoms with Crippen LogP contribution in [0.5, 0.6) is 0 Å². The summed E-state index contributed by atoms with van der Waals surface area (Å²) < 4.78 is 1.81. The number of carbonyl (C=O) groups is 1. The van der Waals surface area contributed by atoms with E-state index in [1.54, 1.807) is 23.8 Å². The maximum absolute atomic E-state index is 11.9. The molecule has 0 bridgehead atoms. The SMILES string of the molecule is CCn1cc(Cl)cc1C(=O)NCCNCC(C)O. The highest BCUT2D eigenvalue weighted by atomic mass is 35.5. The molecule has 0 saturated heterocycles. The van der Waals surface area contributed by atoms with E-state index in [2.05, 4.69) is 10.6 Å². The molecule has 0 spiro atoms. The van der Waals surface area contributed by atoms with Gasteiger partial charge in [0.25, 0.3) is 5.91 Å². The molecular formula is C12H20ClN3O2. The highest BCUT2D eigenvalue weighted by Gasteiger charge is 2.11. The molecule has 5 nitrogen and oxygen atoms in total. The first kappa shape index (κ1) is 15.0. The van der Waals surface area contributed by atoms with Gasteiger partial charge in [-0.05, 0) is 19.9 Å². The highest BCUT2D eigenvalue weighted by Crippen LogP contribution is 2.13. The topological polar surface area (TPSA) is 66.3 Å². The van der Waals surface area contributed by atoms with Crippen molar-refractivity contribution in [3.63, 3.8) is 0 Å². The van der Waals surface area contributed by atoms with Crippen LogP contribution in [-0.2, 0) is 6.54 Å². The van der Waals surface area contributed by atoms with E-state index in [9.17, 15) is 4.79 Å². The maximum Gasteiger partial charge on any atom is 0.268 e. The molecule has 0 radical (unpaired) electrons. The smallest absolute Gasteiger partial charge is 0.268 e. The first-order valence-corrected chi connectivity index (χ1v) is 6.45. The first-order chi connectivity index (χ1) is 8.54. The van der Waals surface area contributed by atoms with E-state index in [0.717, 1.165) is 0 Å². The summed E-state index contributed by atoms with van der Waals surface area (Å²) in [6.07, 6.45) is 1.36. The van der Waals surface area contributed by atoms with E-state index in [4.69, 9.17) is 16.7 Å². The third kappa shape index (κ3) is 4.68. The van der Waals surface area contributed by atoms with E-state index in [1.165, 1.54) is 0 Å². The second kappa shape index (κ2) is 7.41. The van der Waals surface area contributed by atoms with Crippen LogP contribution in [0, 0.1) is 0 Å². The molecule has 1 rings (SSSR count). The molecule has 1 heterocycles. The largest absolute Gasteiger partial charge is 0.392 e. The van der Waals surface area contributed by atoms with Gasteiger partial charge in [0, 0.05) is 32.4 Å². The van der Waals surface area contributed by atoms with Crippen molar-refractivity contribution in [1.29, 1.82) is 0 Å². The molecule has 1 aromatic rings. The lowest BCUT2D eigenvalue weighted by molar-refractivity contribution is 0.0944. The molecule has 1 unspecified atom stereocenters. The molecule has 1 amide bonds. The van der Waals surface area contributed by atoms with Crippen molar-refractivity contribution < 1.29 is 9.90 Å². The van der Waals surface area contributed by atoms with Gasteiger partial charge < -0.3 is 20.3 Å². The summed E-state index contributed by atoms with van der Waals surface area (Å²) in [6, 6.07) is 1.66. The third-order valence-corrected chi connectivity index (χ3v) is 2.67. The Morgan fingerprint density at radius 1 is 1.56 bits per heavy atom. The molecule has 1 aromatic heterocycles. The zero-order valence-corrected chi connectivity index (χ0v) is 11.5. The van der Waals surface area contributed by atoms with Crippen LogP contribution in [0.4, 0.5) is 0 Å². The van der Waals surface area contributed by atoms with Gasteiger partial charge in [0.05, 0.1) is 11.1 Å². The number of amides is 1. The maximum atomic E-state index is 11.9. The van der Waals surface area contributed by atoms with Crippen molar-refractivity contribution in [1.82, 2.24) is 15.2 Å². The monoisotopic (exact) mass is 273 g/mol. The lowest BCUT2D eigenvalue weighted by atomic mass is 10.4. The van der Waals surface area contributed by atoms with Gasteiger partial charge in [-0.15, -0.1) is 0 Å². The van der Waals surface area contributed by atoms with Gasteiger partial charge >= 0.3 is 0 Å². The molecule has 0 fully saturated rings. The van der Waals surface area contributed by atoms with E-state index in [0.29, 0.717) is 36.9 Å². The van der Waals surface area contributed by atoms with Gasteiger partial charge in [-0.1, -0.05) is 11.6 Å². The first-order valence-electron chi connectivity index (χ1n) is 6.07. The van der Waals surface area contributed by atoms with Gasteiger partial charge in [-0.3, -0.25) is 4.79 Å². The van der Waals surface area contributed by atoms with E-state index < -0.39 is 0 Å². The number of carbonyl (C=O) groups excluding carboxylic acids is 1. The van der Waals surface area contributed by atoms with Gasteiger partial charge in [-0.2, -0.15) is 0 Å². The Kier molecular flexibility index (Phi) is 6.18. The summed E-state index contributed by atoms with van der Waals surface area (Å²) in [6.45, 7) is 6.02. The van der Waals surface area contributed by atoms with Gasteiger partial charge in [0.15, 0.2) is 0 Å². The molecule has 1 atom stereocenters. The number of halogens is 1. The predicted octanol–water partition coefficient (Wildman–Crippen LogP) is 0.862. The minimum absolute atomic E-state index is 0.136. The number of aryl methyl sites for hydroxylation is 1. The molecule has 0 aromatic carbocycles. The number of aliphatic hydroxyl groups is 1. The standard InChI is InChI=1S/C12H20ClN3O2/c1-3-16-8-10(13)6-11(16)12(18)15-5-4-14-7-9(2)17/h6,8-9,14,17H,3-5,7H2,1-2H3,(H,15,18). The lowest BCUT2D eigenvalue weighted by Crippen LogP contribution is -2.35. The summed E-state index contributed by atoms with van der Waals surface area (Å²) in [4.78, 5) is 11.9. The number of nitrogens with zero attached hydrogens (tertiary/aromatic N) is 1. The third-order valence-electron chi connectivity index (χ3n) is 2.46. The van der Waals surface area contributed by atoms with Crippen LogP contribution in [0.2, 0.25) is 5.02 Å². The molecule has 3 N–H and O–H groups in total. The molecule has 0 aliphatic heterocycles. The van der Waals surface area contributed by atoms with Crippen LogP contribution in [0.25, 0.3) is 0 Å². The average molecular weight is 274 g/mol. The summed E-state index contributed by atoms with van der Waals surface area (Å²) in [7, 11) is 0. The molecule has 6 heteroatoms. The Labute approximate surface area is 112 Å². The number of hydrogen-bond acceptors (Lipinski definition) is 3. The van der Waals surface area contributed by atoms with Crippen molar-refractivity contribution in [2.45, 2.75) is 26.5 Å². The predicted molar refractivity (Wildman–Crippen MR) is 72.0 cm³/mol. The molecule has 18 heavy (non-hydrogen) atoms. The average Bonchev–Trinajstić information content (AvgIpc) is 2.69. The Balaban J connectivity index is 2.36. The Hall–Kier alpha value is -1.04. The van der Waals surface area contributed by atoms with Crippen LogP contribution < -0.4 is 10.6 Å². The molecule has 102 valence electrons. The zero-order chi connectivity index (χ0) is 13.5. The molecular weight excluding hydrogens is 254 g/mol. The van der Waals surface area contributed by atoms with Crippen LogP contribution in [0.3, 0.4) is 0 Å². The van der Waals surface area contributed by atoms with Crippen molar-refractivity contribution in [2.24, 2.45) is 0 Å². The zero-order valence-electron chi connectivity index (χ0n) is 10.7.